The van der Waals surface area contributed by atoms with Crippen LogP contribution in [0.3, 0.4) is 0 Å². The number of hydrogen-bond donors (Lipinski definition) is 1. The number of halogens is 2. The van der Waals surface area contributed by atoms with Gasteiger partial charge in [0.15, 0.2) is 0 Å². The summed E-state index contributed by atoms with van der Waals surface area (Å²) in [5.74, 6) is -0.0925. The second-order valence-electron chi connectivity index (χ2n) is 5.95. The second-order valence-corrected chi connectivity index (χ2v) is 8.11. The molecule has 7 heteroatoms. The van der Waals surface area contributed by atoms with Crippen molar-refractivity contribution in [1.29, 1.82) is 0 Å². The summed E-state index contributed by atoms with van der Waals surface area (Å²) < 4.78 is 5.37. The molecule has 0 bridgehead atoms. The summed E-state index contributed by atoms with van der Waals surface area (Å²) in [5, 5.41) is 3.72. The lowest BCUT2D eigenvalue weighted by molar-refractivity contribution is -0.115. The number of anilines is 2. The Balaban J connectivity index is 1.60. The SMILES string of the molecule is C[C@H](Sc1c(Cl)cccc1Cl)C(=O)Nc1ccc(N2CCOCC2)cc1. The predicted octanol–water partition coefficient (Wildman–Crippen LogP) is 4.95. The van der Waals surface area contributed by atoms with Gasteiger partial charge in [-0.1, -0.05) is 29.3 Å². The molecule has 2 aromatic carbocycles. The molecule has 3 rings (SSSR count). The maximum Gasteiger partial charge on any atom is 0.237 e. The third-order valence-electron chi connectivity index (χ3n) is 4.09. The maximum atomic E-state index is 12.5. The zero-order chi connectivity index (χ0) is 18.5. The van der Waals surface area contributed by atoms with Crippen LogP contribution in [0.2, 0.25) is 10.0 Å². The monoisotopic (exact) mass is 410 g/mol. The summed E-state index contributed by atoms with van der Waals surface area (Å²) >= 11 is 13.7. The molecular weight excluding hydrogens is 391 g/mol. The van der Waals surface area contributed by atoms with Crippen LogP contribution >= 0.6 is 35.0 Å². The van der Waals surface area contributed by atoms with Crippen LogP contribution < -0.4 is 10.2 Å². The largest absolute Gasteiger partial charge is 0.378 e. The highest BCUT2D eigenvalue weighted by molar-refractivity contribution is 8.00. The van der Waals surface area contributed by atoms with Gasteiger partial charge < -0.3 is 15.0 Å². The molecule has 4 nitrogen and oxygen atoms in total. The molecule has 1 heterocycles. The first-order valence-electron chi connectivity index (χ1n) is 8.39. The Hall–Kier alpha value is -1.40. The normalized spacial score (nSPS) is 15.6. The minimum absolute atomic E-state index is 0.0925. The van der Waals surface area contributed by atoms with Crippen LogP contribution in [-0.4, -0.2) is 37.5 Å². The van der Waals surface area contributed by atoms with E-state index in [4.69, 9.17) is 27.9 Å². The van der Waals surface area contributed by atoms with Crippen molar-refractivity contribution in [3.63, 3.8) is 0 Å². The lowest BCUT2D eigenvalue weighted by Crippen LogP contribution is -2.36. The summed E-state index contributed by atoms with van der Waals surface area (Å²) in [5.41, 5.74) is 1.90. The molecule has 1 amide bonds. The summed E-state index contributed by atoms with van der Waals surface area (Å²) in [7, 11) is 0. The molecular formula is C19H20Cl2N2O2S. The van der Waals surface area contributed by atoms with Crippen molar-refractivity contribution >= 4 is 52.2 Å². The van der Waals surface area contributed by atoms with Crippen molar-refractivity contribution in [2.45, 2.75) is 17.1 Å². The van der Waals surface area contributed by atoms with Crippen molar-refractivity contribution in [3.8, 4) is 0 Å². The van der Waals surface area contributed by atoms with Crippen LogP contribution in [0.5, 0.6) is 0 Å². The predicted molar refractivity (Wildman–Crippen MR) is 110 cm³/mol. The highest BCUT2D eigenvalue weighted by Crippen LogP contribution is 2.36. The van der Waals surface area contributed by atoms with E-state index in [-0.39, 0.29) is 11.2 Å². The molecule has 0 aromatic heterocycles. The molecule has 1 aliphatic heterocycles. The number of morpholine rings is 1. The number of hydrogen-bond acceptors (Lipinski definition) is 4. The first kappa shape index (κ1) is 19.4. The number of thioether (sulfide) groups is 1. The summed E-state index contributed by atoms with van der Waals surface area (Å²) in [6, 6.07) is 13.2. The van der Waals surface area contributed by atoms with Crippen molar-refractivity contribution in [2.24, 2.45) is 0 Å². The molecule has 1 fully saturated rings. The molecule has 2 aromatic rings. The number of carbonyl (C=O) groups excluding carboxylic acids is 1. The van der Waals surface area contributed by atoms with Gasteiger partial charge in [0.1, 0.15) is 0 Å². The maximum absolute atomic E-state index is 12.5. The fourth-order valence-electron chi connectivity index (χ4n) is 2.65. The molecule has 1 N–H and O–H groups in total. The average molecular weight is 411 g/mol. The number of benzene rings is 2. The van der Waals surface area contributed by atoms with E-state index in [1.807, 2.05) is 31.2 Å². The number of nitrogens with one attached hydrogen (secondary N) is 1. The van der Waals surface area contributed by atoms with Crippen molar-refractivity contribution in [3.05, 3.63) is 52.5 Å². The van der Waals surface area contributed by atoms with Gasteiger partial charge in [0, 0.05) is 29.4 Å². The van der Waals surface area contributed by atoms with E-state index in [1.165, 1.54) is 11.8 Å². The molecule has 0 saturated carbocycles. The lowest BCUT2D eigenvalue weighted by atomic mass is 10.2. The van der Waals surface area contributed by atoms with Gasteiger partial charge in [0.2, 0.25) is 5.91 Å². The smallest absolute Gasteiger partial charge is 0.237 e. The summed E-state index contributed by atoms with van der Waals surface area (Å²) in [6.07, 6.45) is 0. The van der Waals surface area contributed by atoms with Crippen LogP contribution in [0.15, 0.2) is 47.4 Å². The molecule has 1 saturated heterocycles. The van der Waals surface area contributed by atoms with Gasteiger partial charge in [0.05, 0.1) is 28.5 Å². The Morgan fingerprint density at radius 3 is 2.35 bits per heavy atom. The van der Waals surface area contributed by atoms with Gasteiger partial charge in [-0.3, -0.25) is 4.79 Å². The number of amides is 1. The van der Waals surface area contributed by atoms with Crippen molar-refractivity contribution in [1.82, 2.24) is 0 Å². The second kappa shape index (κ2) is 9.00. The Bertz CT molecular complexity index is 744. The number of carbonyl (C=O) groups is 1. The average Bonchev–Trinajstić information content (AvgIpc) is 2.66. The molecule has 0 radical (unpaired) electrons. The molecule has 0 unspecified atom stereocenters. The molecule has 0 aliphatic carbocycles. The number of nitrogens with zero attached hydrogens (tertiary/aromatic N) is 1. The van der Waals surface area contributed by atoms with E-state index in [1.54, 1.807) is 18.2 Å². The fraction of sp³-hybridized carbons (Fsp3) is 0.316. The van der Waals surface area contributed by atoms with Gasteiger partial charge in [0.25, 0.3) is 0 Å². The van der Waals surface area contributed by atoms with E-state index in [9.17, 15) is 4.79 Å². The van der Waals surface area contributed by atoms with Crippen molar-refractivity contribution in [2.75, 3.05) is 36.5 Å². The van der Waals surface area contributed by atoms with Gasteiger partial charge in [-0.15, -0.1) is 11.8 Å². The first-order valence-corrected chi connectivity index (χ1v) is 10.0. The van der Waals surface area contributed by atoms with Crippen LogP contribution in [0.25, 0.3) is 0 Å². The zero-order valence-electron chi connectivity index (χ0n) is 14.4. The third-order valence-corrected chi connectivity index (χ3v) is 6.19. The number of ether oxygens (including phenoxy) is 1. The zero-order valence-corrected chi connectivity index (χ0v) is 16.7. The quantitative estimate of drug-likeness (QED) is 0.707. The van der Waals surface area contributed by atoms with E-state index in [0.717, 1.165) is 42.6 Å². The third kappa shape index (κ3) is 4.86. The topological polar surface area (TPSA) is 41.6 Å². The Kier molecular flexibility index (Phi) is 6.70. The highest BCUT2D eigenvalue weighted by atomic mass is 35.5. The minimum atomic E-state index is -0.327. The lowest BCUT2D eigenvalue weighted by Gasteiger charge is -2.29. The molecule has 138 valence electrons. The van der Waals surface area contributed by atoms with E-state index in [2.05, 4.69) is 10.2 Å². The summed E-state index contributed by atoms with van der Waals surface area (Å²) in [4.78, 5) is 15.5. The standard InChI is InChI=1S/C19H20Cl2N2O2S/c1-13(26-18-16(20)3-2-4-17(18)21)19(24)22-14-5-7-15(8-6-14)23-9-11-25-12-10-23/h2-8,13H,9-12H2,1H3,(H,22,24)/t13-/m0/s1. The van der Waals surface area contributed by atoms with Crippen LogP contribution in [0.1, 0.15) is 6.92 Å². The fourth-order valence-corrected chi connectivity index (χ4v) is 4.19. The first-order chi connectivity index (χ1) is 12.5. The summed E-state index contributed by atoms with van der Waals surface area (Å²) in [6.45, 7) is 5.10. The van der Waals surface area contributed by atoms with E-state index in [0.29, 0.717) is 10.0 Å². The Morgan fingerprint density at radius 2 is 1.73 bits per heavy atom. The number of rotatable bonds is 5. The van der Waals surface area contributed by atoms with Crippen molar-refractivity contribution < 1.29 is 9.53 Å². The molecule has 1 aliphatic rings. The molecule has 0 spiro atoms. The van der Waals surface area contributed by atoms with Gasteiger partial charge in [-0.25, -0.2) is 0 Å². The van der Waals surface area contributed by atoms with E-state index >= 15 is 0 Å². The Morgan fingerprint density at radius 1 is 1.12 bits per heavy atom. The Labute approximate surface area is 167 Å². The molecule has 1 atom stereocenters. The van der Waals surface area contributed by atoms with Gasteiger partial charge >= 0.3 is 0 Å². The minimum Gasteiger partial charge on any atom is -0.378 e. The van der Waals surface area contributed by atoms with Gasteiger partial charge in [-0.2, -0.15) is 0 Å². The van der Waals surface area contributed by atoms with Crippen LogP contribution in [0.4, 0.5) is 11.4 Å². The van der Waals surface area contributed by atoms with Crippen LogP contribution in [0, 0.1) is 0 Å². The van der Waals surface area contributed by atoms with Gasteiger partial charge in [-0.05, 0) is 43.3 Å². The highest BCUT2D eigenvalue weighted by Gasteiger charge is 2.18. The molecule has 26 heavy (non-hydrogen) atoms. The van der Waals surface area contributed by atoms with E-state index < -0.39 is 0 Å². The van der Waals surface area contributed by atoms with Crippen LogP contribution in [-0.2, 0) is 9.53 Å².